The molecular weight excluding hydrogens is 426 g/mol. The van der Waals surface area contributed by atoms with Gasteiger partial charge in [0, 0.05) is 16.8 Å². The Morgan fingerprint density at radius 2 is 1.06 bits per heavy atom. The monoisotopic (exact) mass is 455 g/mol. The van der Waals surface area contributed by atoms with Crippen LogP contribution in [0, 0.1) is 34.6 Å². The maximum atomic E-state index is 10.5. The smallest absolute Gasteiger partial charge is 0.169 e. The van der Waals surface area contributed by atoms with E-state index in [4.69, 9.17) is 4.74 Å². The Balaban J connectivity index is 1.82. The van der Waals surface area contributed by atoms with Crippen molar-refractivity contribution in [2.24, 2.45) is 0 Å². The number of hydrogen-bond acceptors (Lipinski definition) is 5. The Morgan fingerprint density at radius 1 is 0.559 bits per heavy atom. The Bertz CT molecular complexity index is 1300. The first kappa shape index (κ1) is 23.1. The molecule has 34 heavy (non-hydrogen) atoms. The first-order valence-corrected chi connectivity index (χ1v) is 11.1. The number of hydrogen-bond donors (Lipinski definition) is 3. The zero-order chi connectivity index (χ0) is 24.6. The van der Waals surface area contributed by atoms with Crippen molar-refractivity contribution >= 4 is 17.1 Å². The van der Waals surface area contributed by atoms with E-state index in [1.807, 2.05) is 82.0 Å². The first-order valence-electron chi connectivity index (χ1n) is 11.1. The van der Waals surface area contributed by atoms with E-state index in [1.54, 1.807) is 24.3 Å². The van der Waals surface area contributed by atoms with Gasteiger partial charge in [0.15, 0.2) is 11.5 Å². The summed E-state index contributed by atoms with van der Waals surface area (Å²) in [5, 5.41) is 31.2. The fourth-order valence-electron chi connectivity index (χ4n) is 4.02. The average Bonchev–Trinajstić information content (AvgIpc) is 2.78. The minimum Gasteiger partial charge on any atom is -0.508 e. The number of rotatable bonds is 5. The van der Waals surface area contributed by atoms with Crippen molar-refractivity contribution in [2.45, 2.75) is 34.6 Å². The number of nitrogens with zero attached hydrogens (tertiary/aromatic N) is 1. The Morgan fingerprint density at radius 3 is 1.56 bits per heavy atom. The van der Waals surface area contributed by atoms with Gasteiger partial charge in [0.25, 0.3) is 0 Å². The van der Waals surface area contributed by atoms with E-state index >= 15 is 0 Å². The molecule has 4 aromatic rings. The highest BCUT2D eigenvalue weighted by atomic mass is 16.5. The molecular formula is C29H29NO4. The van der Waals surface area contributed by atoms with E-state index in [1.165, 1.54) is 0 Å². The van der Waals surface area contributed by atoms with Gasteiger partial charge in [-0.15, -0.1) is 0 Å². The van der Waals surface area contributed by atoms with E-state index in [2.05, 4.69) is 0 Å². The molecule has 4 rings (SSSR count). The molecule has 0 atom stereocenters. The summed E-state index contributed by atoms with van der Waals surface area (Å²) >= 11 is 0. The van der Waals surface area contributed by atoms with E-state index in [0.29, 0.717) is 11.5 Å². The highest BCUT2D eigenvalue weighted by Crippen LogP contribution is 2.44. The minimum absolute atomic E-state index is 0.0856. The van der Waals surface area contributed by atoms with Crippen LogP contribution in [0.15, 0.2) is 66.7 Å². The van der Waals surface area contributed by atoms with Gasteiger partial charge in [0.2, 0.25) is 0 Å². The third-order valence-corrected chi connectivity index (χ3v) is 5.91. The molecule has 0 aliphatic heterocycles. The van der Waals surface area contributed by atoms with Gasteiger partial charge < -0.3 is 25.0 Å². The van der Waals surface area contributed by atoms with Gasteiger partial charge in [-0.2, -0.15) is 0 Å². The average molecular weight is 456 g/mol. The number of ether oxygens (including phenoxy) is 1. The maximum Gasteiger partial charge on any atom is 0.169 e. The Kier molecular flexibility index (Phi) is 6.12. The van der Waals surface area contributed by atoms with Gasteiger partial charge in [0.1, 0.15) is 17.2 Å². The molecule has 0 saturated carbocycles. The van der Waals surface area contributed by atoms with E-state index in [0.717, 1.165) is 44.9 Å². The van der Waals surface area contributed by atoms with Crippen molar-refractivity contribution in [2.75, 3.05) is 4.90 Å². The molecule has 3 N–H and O–H groups in total. The van der Waals surface area contributed by atoms with Crippen LogP contribution in [0.25, 0.3) is 0 Å². The van der Waals surface area contributed by atoms with Crippen molar-refractivity contribution in [3.8, 4) is 28.7 Å². The van der Waals surface area contributed by atoms with Crippen LogP contribution in [-0.4, -0.2) is 15.3 Å². The number of anilines is 3. The number of benzene rings is 4. The van der Waals surface area contributed by atoms with Crippen LogP contribution < -0.4 is 9.64 Å². The lowest BCUT2D eigenvalue weighted by molar-refractivity contribution is 0.411. The lowest BCUT2D eigenvalue weighted by Crippen LogP contribution is -2.13. The summed E-state index contributed by atoms with van der Waals surface area (Å²) in [4.78, 5) is 2.03. The van der Waals surface area contributed by atoms with Crippen LogP contribution in [0.4, 0.5) is 17.1 Å². The Hall–Kier alpha value is -4.12. The second-order valence-corrected chi connectivity index (χ2v) is 8.76. The third-order valence-electron chi connectivity index (χ3n) is 5.91. The standard InChI is InChI=1S/C29H29NO4/c1-17-6-11-29(28(33)14-17)34-23-9-7-22(8-10-23)30(24-12-18(2)15-26(31)20(24)4)25-13-19(3)16-27(32)21(25)5/h6-16,31-33H,1-5H3. The van der Waals surface area contributed by atoms with Crippen molar-refractivity contribution in [3.63, 3.8) is 0 Å². The highest BCUT2D eigenvalue weighted by Gasteiger charge is 2.20. The quantitative estimate of drug-likeness (QED) is 0.289. The molecule has 0 unspecified atom stereocenters. The predicted octanol–water partition coefficient (Wildman–Crippen LogP) is 7.61. The molecule has 4 aromatic carbocycles. The molecule has 0 spiro atoms. The molecule has 0 heterocycles. The van der Waals surface area contributed by atoms with Crippen LogP contribution in [0.5, 0.6) is 28.7 Å². The van der Waals surface area contributed by atoms with E-state index < -0.39 is 0 Å². The molecule has 0 aromatic heterocycles. The predicted molar refractivity (Wildman–Crippen MR) is 136 cm³/mol. The molecule has 0 saturated heterocycles. The molecule has 174 valence electrons. The summed E-state index contributed by atoms with van der Waals surface area (Å²) in [5.74, 6) is 1.47. The number of aryl methyl sites for hydroxylation is 3. The van der Waals surface area contributed by atoms with Crippen molar-refractivity contribution in [1.82, 2.24) is 0 Å². The van der Waals surface area contributed by atoms with Gasteiger partial charge in [-0.05, 0) is 112 Å². The first-order chi connectivity index (χ1) is 16.1. The summed E-state index contributed by atoms with van der Waals surface area (Å²) < 4.78 is 5.89. The van der Waals surface area contributed by atoms with Gasteiger partial charge >= 0.3 is 0 Å². The van der Waals surface area contributed by atoms with Crippen LogP contribution in [0.2, 0.25) is 0 Å². The normalized spacial score (nSPS) is 10.9. The molecule has 0 fully saturated rings. The van der Waals surface area contributed by atoms with E-state index in [-0.39, 0.29) is 17.2 Å². The molecule has 0 aliphatic carbocycles. The van der Waals surface area contributed by atoms with Crippen molar-refractivity contribution in [3.05, 3.63) is 94.5 Å². The van der Waals surface area contributed by atoms with Crippen LogP contribution in [0.3, 0.4) is 0 Å². The second-order valence-electron chi connectivity index (χ2n) is 8.76. The van der Waals surface area contributed by atoms with Crippen molar-refractivity contribution < 1.29 is 20.1 Å². The topological polar surface area (TPSA) is 73.2 Å². The third kappa shape index (κ3) is 4.50. The number of aromatic hydroxyl groups is 3. The largest absolute Gasteiger partial charge is 0.508 e. The SMILES string of the molecule is Cc1ccc(Oc2ccc(N(c3cc(C)cc(O)c3C)c3cc(C)cc(O)c3C)cc2)c(O)c1. The molecule has 5 heteroatoms. The lowest BCUT2D eigenvalue weighted by atomic mass is 10.0. The molecule has 0 radical (unpaired) electrons. The summed E-state index contributed by atoms with van der Waals surface area (Å²) in [6, 6.07) is 20.3. The van der Waals surface area contributed by atoms with Gasteiger partial charge in [-0.25, -0.2) is 0 Å². The summed E-state index contributed by atoms with van der Waals surface area (Å²) in [6.07, 6.45) is 0. The highest BCUT2D eigenvalue weighted by molar-refractivity contribution is 5.83. The number of phenolic OH excluding ortho intramolecular Hbond substituents is 3. The molecule has 0 amide bonds. The zero-order valence-corrected chi connectivity index (χ0v) is 20.0. The van der Waals surface area contributed by atoms with Crippen molar-refractivity contribution in [1.29, 1.82) is 0 Å². The van der Waals surface area contributed by atoms with Gasteiger partial charge in [-0.3, -0.25) is 0 Å². The van der Waals surface area contributed by atoms with Gasteiger partial charge in [0.05, 0.1) is 11.4 Å². The van der Waals surface area contributed by atoms with E-state index in [9.17, 15) is 15.3 Å². The van der Waals surface area contributed by atoms with Crippen LogP contribution >= 0.6 is 0 Å². The second kappa shape index (κ2) is 9.02. The Labute approximate surface area is 200 Å². The summed E-state index contributed by atoms with van der Waals surface area (Å²) in [6.45, 7) is 9.53. The fraction of sp³-hybridized carbons (Fsp3) is 0.172. The van der Waals surface area contributed by atoms with Gasteiger partial charge in [-0.1, -0.05) is 6.07 Å². The van der Waals surface area contributed by atoms with Crippen LogP contribution in [0.1, 0.15) is 27.8 Å². The molecule has 5 nitrogen and oxygen atoms in total. The molecule has 0 bridgehead atoms. The maximum absolute atomic E-state index is 10.5. The molecule has 0 aliphatic rings. The zero-order valence-electron chi connectivity index (χ0n) is 20.0. The summed E-state index contributed by atoms with van der Waals surface area (Å²) in [5.41, 5.74) is 6.73. The lowest BCUT2D eigenvalue weighted by Gasteiger charge is -2.30. The fourth-order valence-corrected chi connectivity index (χ4v) is 4.02. The minimum atomic E-state index is 0.0856. The summed E-state index contributed by atoms with van der Waals surface area (Å²) in [7, 11) is 0. The number of phenols is 3. The van der Waals surface area contributed by atoms with Crippen LogP contribution in [-0.2, 0) is 0 Å².